The van der Waals surface area contributed by atoms with Gasteiger partial charge in [-0.15, -0.1) is 0 Å². The van der Waals surface area contributed by atoms with E-state index in [9.17, 15) is 0 Å². The SMILES string of the molecule is CCOc1cc(NCC2CCCOC2)nc(C)n1. The molecular formula is C13H21N3O2. The average Bonchev–Trinajstić information content (AvgIpc) is 2.37. The highest BCUT2D eigenvalue weighted by atomic mass is 16.5. The van der Waals surface area contributed by atoms with Gasteiger partial charge in [-0.1, -0.05) is 0 Å². The van der Waals surface area contributed by atoms with Crippen LogP contribution in [-0.2, 0) is 4.74 Å². The van der Waals surface area contributed by atoms with Crippen LogP contribution >= 0.6 is 0 Å². The largest absolute Gasteiger partial charge is 0.478 e. The fraction of sp³-hybridized carbons (Fsp3) is 0.692. The van der Waals surface area contributed by atoms with Crippen LogP contribution in [0, 0.1) is 12.8 Å². The van der Waals surface area contributed by atoms with Gasteiger partial charge in [0.1, 0.15) is 11.6 Å². The van der Waals surface area contributed by atoms with E-state index in [1.54, 1.807) is 0 Å². The Morgan fingerprint density at radius 2 is 2.39 bits per heavy atom. The van der Waals surface area contributed by atoms with Gasteiger partial charge in [-0.05, 0) is 32.6 Å². The molecule has 1 unspecified atom stereocenters. The summed E-state index contributed by atoms with van der Waals surface area (Å²) < 4.78 is 10.9. The van der Waals surface area contributed by atoms with Crippen molar-refractivity contribution < 1.29 is 9.47 Å². The predicted molar refractivity (Wildman–Crippen MR) is 70.0 cm³/mol. The zero-order chi connectivity index (χ0) is 12.8. The third-order valence-corrected chi connectivity index (χ3v) is 2.93. The second kappa shape index (κ2) is 6.54. The van der Waals surface area contributed by atoms with Crippen LogP contribution in [0.15, 0.2) is 6.07 Å². The number of ether oxygens (including phenoxy) is 2. The molecule has 0 aliphatic carbocycles. The fourth-order valence-corrected chi connectivity index (χ4v) is 2.07. The van der Waals surface area contributed by atoms with E-state index in [1.807, 2.05) is 19.9 Å². The molecule has 0 aromatic carbocycles. The first-order valence-electron chi connectivity index (χ1n) is 6.58. The minimum Gasteiger partial charge on any atom is -0.478 e. The molecular weight excluding hydrogens is 230 g/mol. The Balaban J connectivity index is 1.91. The summed E-state index contributed by atoms with van der Waals surface area (Å²) in [6.07, 6.45) is 2.37. The Hall–Kier alpha value is -1.36. The lowest BCUT2D eigenvalue weighted by atomic mass is 10.0. The van der Waals surface area contributed by atoms with Crippen LogP contribution in [0.2, 0.25) is 0 Å². The van der Waals surface area contributed by atoms with Crippen LogP contribution in [0.5, 0.6) is 5.88 Å². The third kappa shape index (κ3) is 3.84. The second-order valence-electron chi connectivity index (χ2n) is 4.54. The van der Waals surface area contributed by atoms with Crippen molar-refractivity contribution in [1.29, 1.82) is 0 Å². The molecule has 0 amide bonds. The smallest absolute Gasteiger partial charge is 0.218 e. The molecule has 0 spiro atoms. The molecule has 5 heteroatoms. The maximum atomic E-state index is 5.46. The molecule has 1 atom stereocenters. The highest BCUT2D eigenvalue weighted by Gasteiger charge is 2.14. The lowest BCUT2D eigenvalue weighted by molar-refractivity contribution is 0.0595. The summed E-state index contributed by atoms with van der Waals surface area (Å²) in [7, 11) is 0. The maximum absolute atomic E-state index is 5.46. The molecule has 1 aliphatic heterocycles. The van der Waals surface area contributed by atoms with Crippen molar-refractivity contribution >= 4 is 5.82 Å². The molecule has 18 heavy (non-hydrogen) atoms. The summed E-state index contributed by atoms with van der Waals surface area (Å²) in [5.74, 6) is 2.76. The van der Waals surface area contributed by atoms with Crippen molar-refractivity contribution in [1.82, 2.24) is 9.97 Å². The van der Waals surface area contributed by atoms with E-state index in [2.05, 4.69) is 15.3 Å². The van der Waals surface area contributed by atoms with E-state index in [1.165, 1.54) is 6.42 Å². The summed E-state index contributed by atoms with van der Waals surface area (Å²) in [6.45, 7) is 7.07. The van der Waals surface area contributed by atoms with Crippen molar-refractivity contribution in [3.8, 4) is 5.88 Å². The van der Waals surface area contributed by atoms with E-state index in [0.29, 0.717) is 18.4 Å². The van der Waals surface area contributed by atoms with E-state index < -0.39 is 0 Å². The summed E-state index contributed by atoms with van der Waals surface area (Å²) >= 11 is 0. The lowest BCUT2D eigenvalue weighted by Crippen LogP contribution is -2.24. The molecule has 5 nitrogen and oxygen atoms in total. The van der Waals surface area contributed by atoms with E-state index >= 15 is 0 Å². The van der Waals surface area contributed by atoms with Gasteiger partial charge in [-0.25, -0.2) is 4.98 Å². The number of nitrogens with zero attached hydrogens (tertiary/aromatic N) is 2. The number of rotatable bonds is 5. The first-order chi connectivity index (χ1) is 8.78. The summed E-state index contributed by atoms with van der Waals surface area (Å²) in [4.78, 5) is 8.58. The topological polar surface area (TPSA) is 56.3 Å². The molecule has 2 rings (SSSR count). The van der Waals surface area contributed by atoms with Gasteiger partial charge in [0.25, 0.3) is 0 Å². The predicted octanol–water partition coefficient (Wildman–Crippen LogP) is 2.02. The molecule has 1 fully saturated rings. The number of hydrogen-bond donors (Lipinski definition) is 1. The van der Waals surface area contributed by atoms with Gasteiger partial charge in [0.05, 0.1) is 13.2 Å². The quantitative estimate of drug-likeness (QED) is 0.867. The summed E-state index contributed by atoms with van der Waals surface area (Å²) in [6, 6.07) is 1.85. The van der Waals surface area contributed by atoms with Crippen LogP contribution in [0.25, 0.3) is 0 Å². The van der Waals surface area contributed by atoms with Gasteiger partial charge < -0.3 is 14.8 Å². The summed E-state index contributed by atoms with van der Waals surface area (Å²) in [5, 5.41) is 3.34. The van der Waals surface area contributed by atoms with Gasteiger partial charge in [-0.2, -0.15) is 4.98 Å². The molecule has 0 radical (unpaired) electrons. The molecule has 1 aliphatic rings. The summed E-state index contributed by atoms with van der Waals surface area (Å²) in [5.41, 5.74) is 0. The lowest BCUT2D eigenvalue weighted by Gasteiger charge is -2.22. The van der Waals surface area contributed by atoms with Crippen molar-refractivity contribution in [3.63, 3.8) is 0 Å². The van der Waals surface area contributed by atoms with Gasteiger partial charge in [-0.3, -0.25) is 0 Å². The van der Waals surface area contributed by atoms with Crippen LogP contribution < -0.4 is 10.1 Å². The van der Waals surface area contributed by atoms with Crippen LogP contribution in [0.1, 0.15) is 25.6 Å². The molecule has 2 heterocycles. The minimum absolute atomic E-state index is 0.574. The van der Waals surface area contributed by atoms with Crippen LogP contribution in [-0.4, -0.2) is 36.3 Å². The van der Waals surface area contributed by atoms with Gasteiger partial charge >= 0.3 is 0 Å². The Kier molecular flexibility index (Phi) is 4.75. The van der Waals surface area contributed by atoms with E-state index in [-0.39, 0.29) is 0 Å². The monoisotopic (exact) mass is 251 g/mol. The maximum Gasteiger partial charge on any atom is 0.218 e. The zero-order valence-corrected chi connectivity index (χ0v) is 11.1. The molecule has 0 bridgehead atoms. The van der Waals surface area contributed by atoms with Crippen molar-refractivity contribution in [2.24, 2.45) is 5.92 Å². The number of aromatic nitrogens is 2. The Bertz CT molecular complexity index is 378. The van der Waals surface area contributed by atoms with Gasteiger partial charge in [0.2, 0.25) is 5.88 Å². The minimum atomic E-state index is 0.574. The van der Waals surface area contributed by atoms with Crippen molar-refractivity contribution in [2.75, 3.05) is 31.7 Å². The highest BCUT2D eigenvalue weighted by molar-refractivity contribution is 5.38. The Labute approximate surface area is 108 Å². The molecule has 1 aromatic heterocycles. The number of anilines is 1. The fourth-order valence-electron chi connectivity index (χ4n) is 2.07. The molecule has 100 valence electrons. The average molecular weight is 251 g/mol. The van der Waals surface area contributed by atoms with Gasteiger partial charge in [0.15, 0.2) is 0 Å². The Morgan fingerprint density at radius 3 is 3.11 bits per heavy atom. The van der Waals surface area contributed by atoms with E-state index in [4.69, 9.17) is 9.47 Å². The number of aryl methyl sites for hydroxylation is 1. The van der Waals surface area contributed by atoms with Crippen molar-refractivity contribution in [3.05, 3.63) is 11.9 Å². The molecule has 0 saturated carbocycles. The first-order valence-corrected chi connectivity index (χ1v) is 6.58. The van der Waals surface area contributed by atoms with Crippen molar-refractivity contribution in [2.45, 2.75) is 26.7 Å². The van der Waals surface area contributed by atoms with Gasteiger partial charge in [0, 0.05) is 19.2 Å². The van der Waals surface area contributed by atoms with E-state index in [0.717, 1.165) is 37.8 Å². The van der Waals surface area contributed by atoms with Crippen LogP contribution in [0.4, 0.5) is 5.82 Å². The number of nitrogens with one attached hydrogen (secondary N) is 1. The first kappa shape index (κ1) is 13.1. The third-order valence-electron chi connectivity index (χ3n) is 2.93. The molecule has 1 N–H and O–H groups in total. The second-order valence-corrected chi connectivity index (χ2v) is 4.54. The standard InChI is InChI=1S/C13H21N3O2/c1-3-18-13-7-12(15-10(2)16-13)14-8-11-5-4-6-17-9-11/h7,11H,3-6,8-9H2,1-2H3,(H,14,15,16). The normalized spacial score (nSPS) is 19.6. The Morgan fingerprint density at radius 1 is 1.50 bits per heavy atom. The molecule has 1 aromatic rings. The zero-order valence-electron chi connectivity index (χ0n) is 11.1. The molecule has 1 saturated heterocycles. The van der Waals surface area contributed by atoms with Crippen LogP contribution in [0.3, 0.4) is 0 Å². The highest BCUT2D eigenvalue weighted by Crippen LogP contribution is 2.17. The number of hydrogen-bond acceptors (Lipinski definition) is 5.